The number of nitrogens with zero attached hydrogens (tertiary/aromatic N) is 1. The quantitative estimate of drug-likeness (QED) is 0.418. The number of benzene rings is 1. The number of carbonyl (C=O) groups is 1. The number of halogens is 1. The van der Waals surface area contributed by atoms with Crippen molar-refractivity contribution in [1.82, 2.24) is 0 Å². The molecular formula is C22H34ClNOS2. The molecule has 27 heavy (non-hydrogen) atoms. The van der Waals surface area contributed by atoms with E-state index in [1.54, 1.807) is 0 Å². The number of carbonyl (C=O) groups excluding carboxylic acids is 1. The van der Waals surface area contributed by atoms with Gasteiger partial charge >= 0.3 is 0 Å². The summed E-state index contributed by atoms with van der Waals surface area (Å²) < 4.78 is 0.585. The number of hydrogen-bond acceptors (Lipinski definition) is 3. The Morgan fingerprint density at radius 1 is 1.15 bits per heavy atom. The van der Waals surface area contributed by atoms with Gasteiger partial charge in [-0.1, -0.05) is 45.4 Å². The highest BCUT2D eigenvalue weighted by atomic mass is 35.5. The molecule has 0 spiro atoms. The van der Waals surface area contributed by atoms with Gasteiger partial charge in [0.2, 0.25) is 5.91 Å². The molecule has 0 bridgehead atoms. The highest BCUT2D eigenvalue weighted by Gasteiger charge is 2.27. The Bertz CT molecular complexity index is 565. The summed E-state index contributed by atoms with van der Waals surface area (Å²) in [5, 5.41) is -0.431. The SMILES string of the molecule is CCCC(Cl)C(=O)N(CCC1SCCCCS1)c1c(CC)cccc1CC. The molecular weight excluding hydrogens is 394 g/mol. The predicted molar refractivity (Wildman–Crippen MR) is 125 cm³/mol. The van der Waals surface area contributed by atoms with Gasteiger partial charge in [-0.3, -0.25) is 4.79 Å². The van der Waals surface area contributed by atoms with Crippen molar-refractivity contribution in [2.24, 2.45) is 0 Å². The molecule has 1 saturated heterocycles. The number of para-hydroxylation sites is 1. The molecule has 2 rings (SSSR count). The standard InChI is InChI=1S/C22H34ClNOS2/c1-4-10-19(23)22(25)24(14-13-20-26-15-7-8-16-27-20)21-17(5-2)11-9-12-18(21)6-3/h9,11-12,19-20H,4-8,10,13-16H2,1-3H3. The van der Waals surface area contributed by atoms with E-state index in [-0.39, 0.29) is 5.91 Å². The third-order valence-corrected chi connectivity index (χ3v) is 8.53. The minimum absolute atomic E-state index is 0.0812. The second-order valence-corrected chi connectivity index (χ2v) is 10.5. The summed E-state index contributed by atoms with van der Waals surface area (Å²) in [6.45, 7) is 7.19. The third kappa shape index (κ3) is 6.61. The van der Waals surface area contributed by atoms with Crippen molar-refractivity contribution in [3.05, 3.63) is 29.3 Å². The van der Waals surface area contributed by atoms with E-state index in [0.717, 1.165) is 44.3 Å². The summed E-state index contributed by atoms with van der Waals surface area (Å²) in [7, 11) is 0. The minimum atomic E-state index is -0.431. The third-order valence-electron chi connectivity index (χ3n) is 5.05. The van der Waals surface area contributed by atoms with Crippen LogP contribution in [0.4, 0.5) is 5.69 Å². The van der Waals surface area contributed by atoms with Gasteiger partial charge in [-0.15, -0.1) is 35.1 Å². The average molecular weight is 428 g/mol. The van der Waals surface area contributed by atoms with Gasteiger partial charge < -0.3 is 4.90 Å². The van der Waals surface area contributed by atoms with E-state index >= 15 is 0 Å². The highest BCUT2D eigenvalue weighted by Crippen LogP contribution is 2.34. The second kappa shape index (κ2) is 12.3. The zero-order chi connectivity index (χ0) is 19.6. The monoisotopic (exact) mass is 427 g/mol. The lowest BCUT2D eigenvalue weighted by molar-refractivity contribution is -0.118. The summed E-state index contributed by atoms with van der Waals surface area (Å²) in [6.07, 6.45) is 7.18. The van der Waals surface area contributed by atoms with E-state index in [1.165, 1.54) is 35.5 Å². The van der Waals surface area contributed by atoms with Crippen molar-refractivity contribution in [1.29, 1.82) is 0 Å². The van der Waals surface area contributed by atoms with Crippen LogP contribution in [0, 0.1) is 0 Å². The van der Waals surface area contributed by atoms with E-state index in [9.17, 15) is 4.79 Å². The van der Waals surface area contributed by atoms with Gasteiger partial charge in [0.1, 0.15) is 5.38 Å². The summed E-state index contributed by atoms with van der Waals surface area (Å²) in [5.74, 6) is 2.56. The molecule has 1 aromatic rings. The van der Waals surface area contributed by atoms with Crippen LogP contribution in [0.25, 0.3) is 0 Å². The van der Waals surface area contributed by atoms with E-state index < -0.39 is 5.38 Å². The molecule has 0 aliphatic carbocycles. The van der Waals surface area contributed by atoms with Gasteiger partial charge in [0.25, 0.3) is 0 Å². The zero-order valence-electron chi connectivity index (χ0n) is 17.0. The van der Waals surface area contributed by atoms with Crippen molar-refractivity contribution in [3.63, 3.8) is 0 Å². The Kier molecular flexibility index (Phi) is 10.4. The maximum Gasteiger partial charge on any atom is 0.245 e. The summed E-state index contributed by atoms with van der Waals surface area (Å²) >= 11 is 10.6. The largest absolute Gasteiger partial charge is 0.311 e. The van der Waals surface area contributed by atoms with Crippen molar-refractivity contribution in [3.8, 4) is 0 Å². The van der Waals surface area contributed by atoms with Crippen LogP contribution in [0.3, 0.4) is 0 Å². The van der Waals surface area contributed by atoms with E-state index in [0.29, 0.717) is 4.58 Å². The molecule has 1 amide bonds. The van der Waals surface area contributed by atoms with Crippen LogP contribution in [0.15, 0.2) is 18.2 Å². The fraction of sp³-hybridized carbons (Fsp3) is 0.682. The van der Waals surface area contributed by atoms with Crippen LogP contribution in [0.1, 0.15) is 64.0 Å². The zero-order valence-corrected chi connectivity index (χ0v) is 19.4. The molecule has 2 nitrogen and oxygen atoms in total. The fourth-order valence-electron chi connectivity index (χ4n) is 3.52. The Labute approximate surface area is 179 Å². The van der Waals surface area contributed by atoms with E-state index in [1.807, 2.05) is 4.90 Å². The topological polar surface area (TPSA) is 20.3 Å². The van der Waals surface area contributed by atoms with Gasteiger partial charge in [-0.05, 0) is 61.2 Å². The Morgan fingerprint density at radius 2 is 1.74 bits per heavy atom. The van der Waals surface area contributed by atoms with Crippen LogP contribution < -0.4 is 4.90 Å². The minimum Gasteiger partial charge on any atom is -0.311 e. The van der Waals surface area contributed by atoms with Crippen LogP contribution in [-0.4, -0.2) is 33.9 Å². The summed E-state index contributed by atoms with van der Waals surface area (Å²) in [5.41, 5.74) is 3.63. The first-order chi connectivity index (χ1) is 13.1. The number of amides is 1. The fourth-order valence-corrected chi connectivity index (χ4v) is 6.63. The molecule has 1 atom stereocenters. The van der Waals surface area contributed by atoms with Gasteiger partial charge in [-0.25, -0.2) is 0 Å². The molecule has 5 heteroatoms. The molecule has 0 saturated carbocycles. The number of hydrogen-bond donors (Lipinski definition) is 0. The first-order valence-corrected chi connectivity index (χ1v) is 12.9. The molecule has 1 unspecified atom stereocenters. The molecule has 1 aliphatic rings. The van der Waals surface area contributed by atoms with E-state index in [2.05, 4.69) is 62.5 Å². The first-order valence-electron chi connectivity index (χ1n) is 10.4. The normalized spacial score (nSPS) is 16.7. The van der Waals surface area contributed by atoms with Crippen LogP contribution in [0.5, 0.6) is 0 Å². The molecule has 0 aromatic heterocycles. The molecule has 1 heterocycles. The molecule has 152 valence electrons. The lowest BCUT2D eigenvalue weighted by Crippen LogP contribution is -2.39. The maximum atomic E-state index is 13.3. The lowest BCUT2D eigenvalue weighted by atomic mass is 10.0. The summed E-state index contributed by atoms with van der Waals surface area (Å²) in [4.78, 5) is 15.3. The second-order valence-electron chi connectivity index (χ2n) is 7.04. The Balaban J connectivity index is 2.28. The van der Waals surface area contributed by atoms with Gasteiger partial charge in [0.15, 0.2) is 0 Å². The van der Waals surface area contributed by atoms with Crippen molar-refractivity contribution in [2.45, 2.75) is 75.7 Å². The van der Waals surface area contributed by atoms with E-state index in [4.69, 9.17) is 11.6 Å². The lowest BCUT2D eigenvalue weighted by Gasteiger charge is -2.30. The first kappa shape index (κ1) is 23.0. The Hall–Kier alpha value is -0.320. The van der Waals surface area contributed by atoms with Crippen LogP contribution >= 0.6 is 35.1 Å². The number of thioether (sulfide) groups is 2. The van der Waals surface area contributed by atoms with Gasteiger partial charge in [-0.2, -0.15) is 0 Å². The molecule has 1 aromatic carbocycles. The molecule has 1 fully saturated rings. The van der Waals surface area contributed by atoms with Gasteiger partial charge in [0, 0.05) is 6.54 Å². The summed E-state index contributed by atoms with van der Waals surface area (Å²) in [6, 6.07) is 6.44. The molecule has 0 radical (unpaired) electrons. The van der Waals surface area contributed by atoms with Crippen LogP contribution in [-0.2, 0) is 17.6 Å². The van der Waals surface area contributed by atoms with Gasteiger partial charge in [0.05, 0.1) is 10.3 Å². The van der Waals surface area contributed by atoms with Crippen molar-refractivity contribution in [2.75, 3.05) is 23.0 Å². The number of anilines is 1. The number of aryl methyl sites for hydroxylation is 2. The van der Waals surface area contributed by atoms with Crippen molar-refractivity contribution < 1.29 is 4.79 Å². The van der Waals surface area contributed by atoms with Crippen molar-refractivity contribution >= 4 is 46.7 Å². The van der Waals surface area contributed by atoms with Crippen LogP contribution in [0.2, 0.25) is 0 Å². The average Bonchev–Trinajstić information content (AvgIpc) is 2.96. The predicted octanol–water partition coefficient (Wildman–Crippen LogP) is 6.53. The highest BCUT2D eigenvalue weighted by molar-refractivity contribution is 8.17. The number of rotatable bonds is 9. The molecule has 0 N–H and O–H groups in total. The molecule has 1 aliphatic heterocycles. The Morgan fingerprint density at radius 3 is 2.26 bits per heavy atom. The smallest absolute Gasteiger partial charge is 0.245 e. The maximum absolute atomic E-state index is 13.3. The number of alkyl halides is 1.